The molecule has 0 radical (unpaired) electrons. The number of halogens is 2. The number of carbonyl (C=O) groups is 1. The van der Waals surface area contributed by atoms with Crippen molar-refractivity contribution in [2.24, 2.45) is 0 Å². The largest absolute Gasteiger partial charge is 0.507 e. The minimum absolute atomic E-state index is 0.0127. The average molecular weight is 362 g/mol. The van der Waals surface area contributed by atoms with Gasteiger partial charge in [0.1, 0.15) is 11.3 Å². The van der Waals surface area contributed by atoms with E-state index in [1.807, 2.05) is 0 Å². The van der Waals surface area contributed by atoms with E-state index in [9.17, 15) is 18.3 Å². The highest BCUT2D eigenvalue weighted by Gasteiger charge is 2.17. The minimum atomic E-state index is -3.98. The van der Waals surface area contributed by atoms with E-state index < -0.39 is 27.3 Å². The number of nitrogens with one attached hydrogen (secondary N) is 1. The van der Waals surface area contributed by atoms with Crippen LogP contribution in [-0.4, -0.2) is 24.6 Å². The molecule has 0 bridgehead atoms. The van der Waals surface area contributed by atoms with Gasteiger partial charge in [0, 0.05) is 5.69 Å². The van der Waals surface area contributed by atoms with Crippen LogP contribution in [0.15, 0.2) is 41.3 Å². The highest BCUT2D eigenvalue weighted by molar-refractivity contribution is 7.92. The molecule has 0 unspecified atom stereocenters. The van der Waals surface area contributed by atoms with Gasteiger partial charge in [-0.15, -0.1) is 0 Å². The van der Waals surface area contributed by atoms with E-state index in [1.165, 1.54) is 24.3 Å². The second-order valence-electron chi connectivity index (χ2n) is 4.22. The Balaban J connectivity index is 2.38. The molecule has 9 heteroatoms. The molecule has 116 valence electrons. The molecule has 0 aromatic heterocycles. The molecule has 0 saturated heterocycles. The number of hydrogen-bond donors (Lipinski definition) is 3. The number of carboxylic acid groups (broad SMARTS) is 1. The Kier molecular flexibility index (Phi) is 4.50. The van der Waals surface area contributed by atoms with Crippen molar-refractivity contribution in [3.05, 3.63) is 52.0 Å². The number of sulfonamides is 1. The normalized spacial score (nSPS) is 11.2. The lowest BCUT2D eigenvalue weighted by Gasteiger charge is -2.10. The number of phenols is 1. The molecule has 0 amide bonds. The van der Waals surface area contributed by atoms with E-state index in [0.717, 1.165) is 12.1 Å². The van der Waals surface area contributed by atoms with E-state index in [4.69, 9.17) is 28.3 Å². The maximum atomic E-state index is 12.2. The van der Waals surface area contributed by atoms with Crippen molar-refractivity contribution in [1.82, 2.24) is 0 Å². The van der Waals surface area contributed by atoms with Gasteiger partial charge in [-0.25, -0.2) is 13.2 Å². The van der Waals surface area contributed by atoms with Gasteiger partial charge < -0.3 is 10.2 Å². The fourth-order valence-electron chi connectivity index (χ4n) is 1.63. The molecule has 22 heavy (non-hydrogen) atoms. The Hall–Kier alpha value is -1.96. The molecule has 0 aliphatic rings. The smallest absolute Gasteiger partial charge is 0.339 e. The van der Waals surface area contributed by atoms with Gasteiger partial charge in [-0.05, 0) is 36.4 Å². The monoisotopic (exact) mass is 361 g/mol. The van der Waals surface area contributed by atoms with Crippen LogP contribution in [-0.2, 0) is 10.0 Å². The second kappa shape index (κ2) is 6.04. The molecule has 0 atom stereocenters. The first-order chi connectivity index (χ1) is 10.2. The molecule has 2 aromatic carbocycles. The van der Waals surface area contributed by atoms with E-state index >= 15 is 0 Å². The van der Waals surface area contributed by atoms with Crippen molar-refractivity contribution in [1.29, 1.82) is 0 Å². The fraction of sp³-hybridized carbons (Fsp3) is 0. The van der Waals surface area contributed by atoms with Gasteiger partial charge >= 0.3 is 5.97 Å². The molecule has 2 rings (SSSR count). The summed E-state index contributed by atoms with van der Waals surface area (Å²) in [5, 5.41) is 18.6. The number of aromatic carboxylic acids is 1. The van der Waals surface area contributed by atoms with Crippen LogP contribution in [0.25, 0.3) is 0 Å². The predicted molar refractivity (Wildman–Crippen MR) is 82.3 cm³/mol. The van der Waals surface area contributed by atoms with Crippen molar-refractivity contribution >= 4 is 44.9 Å². The van der Waals surface area contributed by atoms with Crippen LogP contribution in [0.2, 0.25) is 10.0 Å². The number of rotatable bonds is 4. The number of anilines is 1. The zero-order chi connectivity index (χ0) is 16.5. The molecule has 0 aliphatic carbocycles. The molecule has 3 N–H and O–H groups in total. The summed E-state index contributed by atoms with van der Waals surface area (Å²) in [6.07, 6.45) is 0. The van der Waals surface area contributed by atoms with Crippen LogP contribution in [0.4, 0.5) is 5.69 Å². The lowest BCUT2D eigenvalue weighted by molar-refractivity contribution is 0.0694. The molecule has 0 fully saturated rings. The number of hydrogen-bond acceptors (Lipinski definition) is 4. The molecule has 0 heterocycles. The number of benzene rings is 2. The third kappa shape index (κ3) is 3.44. The minimum Gasteiger partial charge on any atom is -0.507 e. The first-order valence-electron chi connectivity index (χ1n) is 5.75. The Labute approximate surface area is 136 Å². The Morgan fingerprint density at radius 3 is 2.32 bits per heavy atom. The van der Waals surface area contributed by atoms with Crippen LogP contribution in [0.5, 0.6) is 5.75 Å². The van der Waals surface area contributed by atoms with Gasteiger partial charge in [0.2, 0.25) is 0 Å². The van der Waals surface area contributed by atoms with Crippen LogP contribution >= 0.6 is 23.2 Å². The molecular formula is C13H9Cl2NO5S. The van der Waals surface area contributed by atoms with Gasteiger partial charge in [-0.3, -0.25) is 4.72 Å². The third-order valence-electron chi connectivity index (χ3n) is 2.68. The van der Waals surface area contributed by atoms with E-state index in [0.29, 0.717) is 0 Å². The summed E-state index contributed by atoms with van der Waals surface area (Å²) in [7, 11) is -3.98. The number of carboxylic acids is 1. The van der Waals surface area contributed by atoms with Gasteiger partial charge in [-0.2, -0.15) is 0 Å². The first-order valence-corrected chi connectivity index (χ1v) is 7.99. The summed E-state index contributed by atoms with van der Waals surface area (Å²) in [4.78, 5) is 10.8. The highest BCUT2D eigenvalue weighted by atomic mass is 35.5. The van der Waals surface area contributed by atoms with Gasteiger partial charge in [-0.1, -0.05) is 23.2 Å². The van der Waals surface area contributed by atoms with Crippen molar-refractivity contribution in [3.8, 4) is 5.75 Å². The first kappa shape index (κ1) is 16.4. The summed E-state index contributed by atoms with van der Waals surface area (Å²) < 4.78 is 26.6. The molecule has 6 nitrogen and oxygen atoms in total. The van der Waals surface area contributed by atoms with Crippen LogP contribution < -0.4 is 4.72 Å². The highest BCUT2D eigenvalue weighted by Crippen LogP contribution is 2.27. The molecule has 0 aliphatic heterocycles. The summed E-state index contributed by atoms with van der Waals surface area (Å²) in [5.41, 5.74) is -0.435. The van der Waals surface area contributed by atoms with E-state index in [2.05, 4.69) is 4.72 Å². The summed E-state index contributed by atoms with van der Waals surface area (Å²) in [6.45, 7) is 0. The van der Waals surface area contributed by atoms with Crippen molar-refractivity contribution < 1.29 is 23.4 Å². The SMILES string of the molecule is O=C(O)c1cc(NS(=O)(=O)c2ccc(Cl)c(Cl)c2)ccc1O. The zero-order valence-corrected chi connectivity index (χ0v) is 13.1. The standard InChI is InChI=1S/C13H9Cl2NO5S/c14-10-3-2-8(6-11(10)15)22(20,21)16-7-1-4-12(17)9(5-7)13(18)19/h1-6,16-17H,(H,18,19). The topological polar surface area (TPSA) is 104 Å². The van der Waals surface area contributed by atoms with Crippen molar-refractivity contribution in [2.45, 2.75) is 4.90 Å². The summed E-state index contributed by atoms with van der Waals surface area (Å²) in [6, 6.07) is 7.08. The summed E-state index contributed by atoms with van der Waals surface area (Å²) >= 11 is 11.5. The Morgan fingerprint density at radius 2 is 1.73 bits per heavy atom. The van der Waals surface area contributed by atoms with Crippen LogP contribution in [0.1, 0.15) is 10.4 Å². The summed E-state index contributed by atoms with van der Waals surface area (Å²) in [5.74, 6) is -1.85. The fourth-order valence-corrected chi connectivity index (χ4v) is 3.07. The number of aromatic hydroxyl groups is 1. The van der Waals surface area contributed by atoms with Crippen molar-refractivity contribution in [2.75, 3.05) is 4.72 Å². The zero-order valence-electron chi connectivity index (χ0n) is 10.7. The quantitative estimate of drug-likeness (QED) is 0.725. The third-order valence-corrected chi connectivity index (χ3v) is 4.80. The van der Waals surface area contributed by atoms with Gasteiger partial charge in [0.05, 0.1) is 14.9 Å². The molecule has 2 aromatic rings. The maximum absolute atomic E-state index is 12.2. The average Bonchev–Trinajstić information content (AvgIpc) is 2.43. The molecule has 0 spiro atoms. The van der Waals surface area contributed by atoms with Gasteiger partial charge in [0.25, 0.3) is 10.0 Å². The molecule has 0 saturated carbocycles. The lowest BCUT2D eigenvalue weighted by atomic mass is 10.2. The molecular weight excluding hydrogens is 353 g/mol. The predicted octanol–water partition coefficient (Wildman–Crippen LogP) is 3.20. The lowest BCUT2D eigenvalue weighted by Crippen LogP contribution is -2.13. The Bertz CT molecular complexity index is 852. The van der Waals surface area contributed by atoms with E-state index in [1.54, 1.807) is 0 Å². The maximum Gasteiger partial charge on any atom is 0.339 e. The van der Waals surface area contributed by atoms with Crippen molar-refractivity contribution in [3.63, 3.8) is 0 Å². The van der Waals surface area contributed by atoms with E-state index in [-0.39, 0.29) is 20.6 Å². The van der Waals surface area contributed by atoms with Gasteiger partial charge in [0.15, 0.2) is 0 Å². The Morgan fingerprint density at radius 1 is 1.05 bits per heavy atom. The van der Waals surface area contributed by atoms with Crippen LogP contribution in [0.3, 0.4) is 0 Å². The van der Waals surface area contributed by atoms with Crippen LogP contribution in [0, 0.1) is 0 Å². The second-order valence-corrected chi connectivity index (χ2v) is 6.72.